The summed E-state index contributed by atoms with van der Waals surface area (Å²) in [5.41, 5.74) is 1.48. The molecule has 0 aromatic carbocycles. The van der Waals surface area contributed by atoms with E-state index in [0.717, 1.165) is 18.5 Å². The average molecular weight is 540 g/mol. The first-order valence-corrected chi connectivity index (χ1v) is 13.3. The van der Waals surface area contributed by atoms with Crippen LogP contribution in [0.3, 0.4) is 0 Å². The fourth-order valence-electron chi connectivity index (χ4n) is 6.00. The number of nitrogens with zero attached hydrogens (tertiary/aromatic N) is 3. The van der Waals surface area contributed by atoms with Crippen molar-refractivity contribution in [2.75, 3.05) is 6.54 Å². The lowest BCUT2D eigenvalue weighted by atomic mass is 9.85. The normalized spacial score (nSPS) is 27.5. The second-order valence-electron chi connectivity index (χ2n) is 12.0. The van der Waals surface area contributed by atoms with Gasteiger partial charge >= 0.3 is 12.1 Å². The number of aryl methyl sites for hydroxylation is 1. The van der Waals surface area contributed by atoms with Crippen molar-refractivity contribution in [2.45, 2.75) is 84.1 Å². The summed E-state index contributed by atoms with van der Waals surface area (Å²) >= 11 is 1.58. The van der Waals surface area contributed by atoms with Crippen molar-refractivity contribution in [2.24, 2.45) is 22.7 Å². The van der Waals surface area contributed by atoms with E-state index in [2.05, 4.69) is 16.4 Å². The fraction of sp³-hybridized carbons (Fsp3) is 0.720. The number of likely N-dealkylation sites (tertiary alicyclic amines) is 1. The minimum Gasteiger partial charge on any atom is -0.339 e. The van der Waals surface area contributed by atoms with Crippen molar-refractivity contribution < 1.29 is 27.6 Å². The molecule has 12 heteroatoms. The topological polar surface area (TPSA) is 115 Å². The minimum atomic E-state index is -5.15. The highest BCUT2D eigenvalue weighted by molar-refractivity contribution is 7.09. The molecule has 0 spiro atoms. The van der Waals surface area contributed by atoms with Crippen LogP contribution in [0, 0.1) is 34.0 Å². The van der Waals surface area contributed by atoms with Crippen molar-refractivity contribution >= 4 is 29.1 Å². The number of piperidine rings is 1. The molecule has 3 amide bonds. The third-order valence-corrected chi connectivity index (χ3v) is 9.09. The molecule has 2 heterocycles. The molecule has 1 aliphatic heterocycles. The zero-order valence-corrected chi connectivity index (χ0v) is 22.3. The van der Waals surface area contributed by atoms with Gasteiger partial charge in [0.2, 0.25) is 11.8 Å². The Morgan fingerprint density at radius 2 is 1.95 bits per heavy atom. The SMILES string of the molecule is CC(C)(C)[C@H](NC(=O)C(F)(F)F)C(=O)N1C[C@H]2[C@@H]([C@H]1C(=O)NC(C#N)CC1CCc3scnc31)C2(C)C. The molecule has 1 aromatic rings. The molecule has 8 nitrogen and oxygen atoms in total. The minimum absolute atomic E-state index is 0.000863. The van der Waals surface area contributed by atoms with Gasteiger partial charge in [-0.3, -0.25) is 14.4 Å². The molecule has 37 heavy (non-hydrogen) atoms. The molecule has 4 rings (SSSR count). The molecule has 6 atom stereocenters. The van der Waals surface area contributed by atoms with Crippen LogP contribution in [0.5, 0.6) is 0 Å². The van der Waals surface area contributed by atoms with Gasteiger partial charge in [-0.1, -0.05) is 34.6 Å². The van der Waals surface area contributed by atoms with Gasteiger partial charge in [0.1, 0.15) is 18.1 Å². The highest BCUT2D eigenvalue weighted by Crippen LogP contribution is 2.65. The van der Waals surface area contributed by atoms with Gasteiger partial charge in [-0.05, 0) is 41.9 Å². The monoisotopic (exact) mass is 539 g/mol. The van der Waals surface area contributed by atoms with E-state index in [0.29, 0.717) is 6.42 Å². The largest absolute Gasteiger partial charge is 0.471 e. The molecule has 1 saturated carbocycles. The number of aromatic nitrogens is 1. The van der Waals surface area contributed by atoms with E-state index in [9.17, 15) is 32.8 Å². The second kappa shape index (κ2) is 9.26. The Balaban J connectivity index is 1.52. The number of rotatable bonds is 6. The van der Waals surface area contributed by atoms with Gasteiger partial charge in [0, 0.05) is 17.3 Å². The molecule has 3 aliphatic rings. The van der Waals surface area contributed by atoms with E-state index in [-0.39, 0.29) is 29.7 Å². The van der Waals surface area contributed by atoms with E-state index < -0.39 is 47.4 Å². The highest BCUT2D eigenvalue weighted by Gasteiger charge is 2.70. The molecule has 0 radical (unpaired) electrons. The van der Waals surface area contributed by atoms with Crippen LogP contribution in [0.15, 0.2) is 5.51 Å². The average Bonchev–Trinajstić information content (AvgIpc) is 3.29. The van der Waals surface area contributed by atoms with Gasteiger partial charge in [-0.15, -0.1) is 11.3 Å². The molecule has 2 N–H and O–H groups in total. The number of hydrogen-bond donors (Lipinski definition) is 2. The lowest BCUT2D eigenvalue weighted by molar-refractivity contribution is -0.176. The van der Waals surface area contributed by atoms with Gasteiger partial charge in [0.15, 0.2) is 0 Å². The van der Waals surface area contributed by atoms with Crippen LogP contribution < -0.4 is 10.6 Å². The Labute approximate surface area is 218 Å². The third kappa shape index (κ3) is 5.07. The van der Waals surface area contributed by atoms with Crippen LogP contribution in [-0.2, 0) is 20.8 Å². The van der Waals surface area contributed by atoms with Crippen molar-refractivity contribution in [1.29, 1.82) is 5.26 Å². The van der Waals surface area contributed by atoms with Crippen LogP contribution in [-0.4, -0.2) is 58.5 Å². The Morgan fingerprint density at radius 3 is 2.54 bits per heavy atom. The number of hydrogen-bond acceptors (Lipinski definition) is 6. The number of halogens is 3. The molecule has 1 saturated heterocycles. The van der Waals surface area contributed by atoms with Crippen molar-refractivity contribution in [1.82, 2.24) is 20.5 Å². The molecule has 2 unspecified atom stereocenters. The second-order valence-corrected chi connectivity index (χ2v) is 12.9. The first-order valence-electron chi connectivity index (χ1n) is 12.4. The highest BCUT2D eigenvalue weighted by atomic mass is 32.1. The number of carbonyl (C=O) groups is 3. The maximum absolute atomic E-state index is 13.6. The summed E-state index contributed by atoms with van der Waals surface area (Å²) in [7, 11) is 0. The van der Waals surface area contributed by atoms with Gasteiger partial charge in [0.25, 0.3) is 0 Å². The smallest absolute Gasteiger partial charge is 0.339 e. The number of alkyl halides is 3. The van der Waals surface area contributed by atoms with Gasteiger partial charge in [0.05, 0.1) is 17.3 Å². The molecular weight excluding hydrogens is 507 g/mol. The number of amides is 3. The number of nitrogens with one attached hydrogen (secondary N) is 2. The van der Waals surface area contributed by atoms with Gasteiger partial charge in [-0.25, -0.2) is 4.98 Å². The van der Waals surface area contributed by atoms with E-state index in [1.54, 1.807) is 37.6 Å². The van der Waals surface area contributed by atoms with E-state index in [1.807, 2.05) is 19.2 Å². The maximum Gasteiger partial charge on any atom is 0.471 e. The summed E-state index contributed by atoms with van der Waals surface area (Å²) in [6.45, 7) is 8.85. The summed E-state index contributed by atoms with van der Waals surface area (Å²) < 4.78 is 39.0. The van der Waals surface area contributed by atoms with E-state index >= 15 is 0 Å². The van der Waals surface area contributed by atoms with Gasteiger partial charge < -0.3 is 15.5 Å². The zero-order valence-electron chi connectivity index (χ0n) is 21.5. The Kier molecular flexibility index (Phi) is 6.84. The molecular formula is C25H32F3N5O3S. The first-order chi connectivity index (χ1) is 17.1. The van der Waals surface area contributed by atoms with Crippen molar-refractivity contribution in [3.8, 4) is 6.07 Å². The first kappa shape index (κ1) is 27.4. The van der Waals surface area contributed by atoms with Crippen LogP contribution in [0.2, 0.25) is 0 Å². The Bertz CT molecular complexity index is 1140. The predicted octanol–water partition coefficient (Wildman–Crippen LogP) is 3.15. The van der Waals surface area contributed by atoms with Crippen LogP contribution >= 0.6 is 11.3 Å². The predicted molar refractivity (Wildman–Crippen MR) is 129 cm³/mol. The van der Waals surface area contributed by atoms with Gasteiger partial charge in [-0.2, -0.15) is 18.4 Å². The molecule has 2 aliphatic carbocycles. The Hall–Kier alpha value is -2.68. The third-order valence-electron chi connectivity index (χ3n) is 8.18. The number of nitriles is 1. The number of carbonyl (C=O) groups excluding carboxylic acids is 3. The number of fused-ring (bicyclic) bond motifs is 2. The van der Waals surface area contributed by atoms with E-state index in [4.69, 9.17) is 0 Å². The van der Waals surface area contributed by atoms with Crippen LogP contribution in [0.4, 0.5) is 13.2 Å². The van der Waals surface area contributed by atoms with Crippen molar-refractivity contribution in [3.05, 3.63) is 16.1 Å². The summed E-state index contributed by atoms with van der Waals surface area (Å²) in [5.74, 6) is -3.56. The lowest BCUT2D eigenvalue weighted by Crippen LogP contribution is -2.61. The zero-order chi connectivity index (χ0) is 27.5. The van der Waals surface area contributed by atoms with Crippen LogP contribution in [0.25, 0.3) is 0 Å². The van der Waals surface area contributed by atoms with Crippen LogP contribution in [0.1, 0.15) is 63.9 Å². The lowest BCUT2D eigenvalue weighted by Gasteiger charge is -2.37. The molecule has 202 valence electrons. The number of thiazole rings is 1. The summed E-state index contributed by atoms with van der Waals surface area (Å²) in [6, 6.07) is -1.07. The van der Waals surface area contributed by atoms with E-state index in [1.165, 1.54) is 9.78 Å². The molecule has 2 fully saturated rings. The standard InChI is InChI=1S/C25H32F3N5O3S/c1-23(2,3)19(32-22(36)25(26,27)28)21(35)33-10-14-16(24(14,4)5)18(33)20(34)31-13(9-29)8-12-6-7-15-17(12)30-11-37-15/h11-14,16,18-19H,6-8,10H2,1-5H3,(H,31,34)(H,32,36)/t12?,13?,14-,16-,18-,19+/m0/s1. The molecule has 1 aromatic heterocycles. The fourth-order valence-corrected chi connectivity index (χ4v) is 6.87. The summed E-state index contributed by atoms with van der Waals surface area (Å²) in [6.07, 6.45) is -3.02. The molecule has 0 bridgehead atoms. The summed E-state index contributed by atoms with van der Waals surface area (Å²) in [5, 5.41) is 14.4. The Morgan fingerprint density at radius 1 is 1.27 bits per heavy atom. The quantitative estimate of drug-likeness (QED) is 0.576. The maximum atomic E-state index is 13.6. The van der Waals surface area contributed by atoms with Crippen molar-refractivity contribution in [3.63, 3.8) is 0 Å². The summed E-state index contributed by atoms with van der Waals surface area (Å²) in [4.78, 5) is 45.7.